The van der Waals surface area contributed by atoms with Gasteiger partial charge in [0.1, 0.15) is 11.8 Å². The molecule has 3 heteroatoms. The van der Waals surface area contributed by atoms with Gasteiger partial charge >= 0.3 is 0 Å². The van der Waals surface area contributed by atoms with Gasteiger partial charge < -0.3 is 8.83 Å². The van der Waals surface area contributed by atoms with Gasteiger partial charge in [0.15, 0.2) is 0 Å². The van der Waals surface area contributed by atoms with E-state index in [1.807, 2.05) is 48.7 Å². The number of para-hydroxylation sites is 1. The third-order valence-corrected chi connectivity index (χ3v) is 4.26. The fourth-order valence-electron chi connectivity index (χ4n) is 3.11. The minimum atomic E-state index is 0.560. The summed E-state index contributed by atoms with van der Waals surface area (Å²) >= 11 is 0. The lowest BCUT2D eigenvalue weighted by Crippen LogP contribution is -1.84. The maximum Gasteiger partial charge on any atom is 0.298 e. The zero-order chi connectivity index (χ0) is 15.9. The zero-order valence-corrected chi connectivity index (χ0v) is 12.8. The molecule has 0 fully saturated rings. The van der Waals surface area contributed by atoms with Crippen molar-refractivity contribution in [3.63, 3.8) is 0 Å². The maximum absolute atomic E-state index is 5.79. The van der Waals surface area contributed by atoms with Crippen molar-refractivity contribution in [3.05, 3.63) is 79.2 Å². The Bertz CT molecular complexity index is 1150. The van der Waals surface area contributed by atoms with Crippen LogP contribution in [0.5, 0.6) is 0 Å². The van der Waals surface area contributed by atoms with Gasteiger partial charge in [0.25, 0.3) is 5.78 Å². The van der Waals surface area contributed by atoms with E-state index in [0.29, 0.717) is 5.78 Å². The van der Waals surface area contributed by atoms with Crippen LogP contribution in [-0.4, -0.2) is 4.98 Å². The van der Waals surface area contributed by atoms with E-state index >= 15 is 0 Å². The van der Waals surface area contributed by atoms with Gasteiger partial charge in [-0.15, -0.1) is 0 Å². The molecule has 5 aromatic rings. The fourth-order valence-corrected chi connectivity index (χ4v) is 3.11. The third kappa shape index (κ3) is 1.95. The summed E-state index contributed by atoms with van der Waals surface area (Å²) in [6, 6.07) is 22.2. The molecule has 5 rings (SSSR count). The summed E-state index contributed by atoms with van der Waals surface area (Å²) in [5, 5.41) is 2.07. The van der Waals surface area contributed by atoms with Crippen LogP contribution >= 0.6 is 0 Å². The molecule has 0 unspecified atom stereocenters. The van der Waals surface area contributed by atoms with Crippen LogP contribution in [-0.2, 0) is 0 Å². The van der Waals surface area contributed by atoms with Gasteiger partial charge in [-0.3, -0.25) is 4.98 Å². The highest BCUT2D eigenvalue weighted by Gasteiger charge is 2.16. The Balaban J connectivity index is 1.73. The van der Waals surface area contributed by atoms with Gasteiger partial charge in [-0.2, -0.15) is 0 Å². The van der Waals surface area contributed by atoms with Crippen LogP contribution in [0.4, 0.5) is 0 Å². The van der Waals surface area contributed by atoms with Gasteiger partial charge in [-0.1, -0.05) is 48.5 Å². The molecule has 0 bridgehead atoms. The number of furan rings is 2. The molecule has 0 aliphatic heterocycles. The molecule has 0 radical (unpaired) electrons. The fraction of sp³-hybridized carbons (Fsp3) is 0. The second kappa shape index (κ2) is 5.10. The Morgan fingerprint density at radius 2 is 1.62 bits per heavy atom. The molecular weight excluding hydrogens is 298 g/mol. The molecule has 0 saturated heterocycles. The van der Waals surface area contributed by atoms with Crippen LogP contribution in [0.1, 0.15) is 0 Å². The van der Waals surface area contributed by atoms with Crippen molar-refractivity contribution in [1.82, 2.24) is 4.98 Å². The number of hydrogen-bond donors (Lipinski definition) is 0. The van der Waals surface area contributed by atoms with E-state index in [4.69, 9.17) is 8.83 Å². The van der Waals surface area contributed by atoms with Gasteiger partial charge in [0.05, 0.1) is 11.1 Å². The van der Waals surface area contributed by atoms with Crippen LogP contribution in [0.25, 0.3) is 44.5 Å². The predicted octanol–water partition coefficient (Wildman–Crippen LogP) is 5.91. The van der Waals surface area contributed by atoms with Crippen molar-refractivity contribution in [2.45, 2.75) is 0 Å². The smallest absolute Gasteiger partial charge is 0.298 e. The highest BCUT2D eigenvalue weighted by molar-refractivity contribution is 6.11. The average molecular weight is 311 g/mol. The number of fused-ring (bicyclic) bond motifs is 3. The highest BCUT2D eigenvalue weighted by atomic mass is 16.5. The Hall–Kier alpha value is -3.33. The Kier molecular flexibility index (Phi) is 2.79. The summed E-state index contributed by atoms with van der Waals surface area (Å²) in [7, 11) is 0. The number of pyridine rings is 1. The summed E-state index contributed by atoms with van der Waals surface area (Å²) in [5.74, 6) is 0.560. The van der Waals surface area contributed by atoms with E-state index in [9.17, 15) is 0 Å². The van der Waals surface area contributed by atoms with Gasteiger partial charge in [-0.05, 0) is 23.8 Å². The molecule has 0 atom stereocenters. The summed E-state index contributed by atoms with van der Waals surface area (Å²) in [6.45, 7) is 0. The van der Waals surface area contributed by atoms with Crippen molar-refractivity contribution >= 4 is 22.1 Å². The molecule has 0 N–H and O–H groups in total. The lowest BCUT2D eigenvalue weighted by molar-refractivity contribution is 0.499. The summed E-state index contributed by atoms with van der Waals surface area (Å²) < 4.78 is 11.4. The molecule has 3 nitrogen and oxygen atoms in total. The minimum Gasteiger partial charge on any atom is -0.433 e. The van der Waals surface area contributed by atoms with Crippen molar-refractivity contribution in [2.24, 2.45) is 0 Å². The highest BCUT2D eigenvalue weighted by Crippen LogP contribution is 2.38. The van der Waals surface area contributed by atoms with E-state index < -0.39 is 0 Å². The van der Waals surface area contributed by atoms with Crippen molar-refractivity contribution in [1.29, 1.82) is 0 Å². The quantitative estimate of drug-likeness (QED) is 0.407. The molecule has 2 aromatic carbocycles. The van der Waals surface area contributed by atoms with E-state index in [1.54, 1.807) is 6.26 Å². The van der Waals surface area contributed by atoms with E-state index in [1.165, 1.54) is 0 Å². The Morgan fingerprint density at radius 3 is 2.54 bits per heavy atom. The SMILES string of the molecule is c1ccc(-c2cc(-c3coc4oc5ccccc5c34)ccn2)cc1. The molecule has 0 aliphatic carbocycles. The van der Waals surface area contributed by atoms with E-state index in [0.717, 1.165) is 38.7 Å². The summed E-state index contributed by atoms with van der Waals surface area (Å²) in [5.41, 5.74) is 4.96. The summed E-state index contributed by atoms with van der Waals surface area (Å²) in [6.07, 6.45) is 3.59. The van der Waals surface area contributed by atoms with Crippen LogP contribution in [0, 0.1) is 0 Å². The molecule has 0 amide bonds. The van der Waals surface area contributed by atoms with E-state index in [2.05, 4.69) is 29.2 Å². The molecule has 114 valence electrons. The van der Waals surface area contributed by atoms with Crippen LogP contribution in [0.15, 0.2) is 88.0 Å². The normalized spacial score (nSPS) is 11.3. The first-order chi connectivity index (χ1) is 11.9. The minimum absolute atomic E-state index is 0.560. The number of nitrogens with zero attached hydrogens (tertiary/aromatic N) is 1. The van der Waals surface area contributed by atoms with Crippen molar-refractivity contribution in [2.75, 3.05) is 0 Å². The standard InChI is InChI=1S/C21H13NO2/c1-2-6-14(7-3-1)18-12-15(10-11-22-18)17-13-23-21-20(17)16-8-4-5-9-19(16)24-21/h1-13H. The van der Waals surface area contributed by atoms with Crippen LogP contribution in [0.3, 0.4) is 0 Å². The summed E-state index contributed by atoms with van der Waals surface area (Å²) in [4.78, 5) is 4.50. The molecule has 0 saturated carbocycles. The second-order valence-corrected chi connectivity index (χ2v) is 5.71. The maximum atomic E-state index is 5.79. The topological polar surface area (TPSA) is 39.2 Å². The molecule has 0 aliphatic rings. The lowest BCUT2D eigenvalue weighted by Gasteiger charge is -2.03. The van der Waals surface area contributed by atoms with Gasteiger partial charge in [0.2, 0.25) is 0 Å². The molecule has 3 heterocycles. The number of rotatable bonds is 2. The van der Waals surface area contributed by atoms with Gasteiger partial charge in [-0.25, -0.2) is 0 Å². The molecule has 0 spiro atoms. The van der Waals surface area contributed by atoms with Crippen LogP contribution in [0.2, 0.25) is 0 Å². The number of benzene rings is 2. The van der Waals surface area contributed by atoms with Crippen molar-refractivity contribution < 1.29 is 8.83 Å². The second-order valence-electron chi connectivity index (χ2n) is 5.71. The Labute approximate surface area is 138 Å². The molecule has 24 heavy (non-hydrogen) atoms. The van der Waals surface area contributed by atoms with Crippen molar-refractivity contribution in [3.8, 4) is 22.4 Å². The van der Waals surface area contributed by atoms with Crippen LogP contribution < -0.4 is 0 Å². The zero-order valence-electron chi connectivity index (χ0n) is 12.8. The predicted molar refractivity (Wildman–Crippen MR) is 94.7 cm³/mol. The monoisotopic (exact) mass is 311 g/mol. The first-order valence-corrected chi connectivity index (χ1v) is 7.81. The Morgan fingerprint density at radius 1 is 0.792 bits per heavy atom. The van der Waals surface area contributed by atoms with Gasteiger partial charge in [0, 0.05) is 22.7 Å². The molecule has 3 aromatic heterocycles. The third-order valence-electron chi connectivity index (χ3n) is 4.26. The largest absolute Gasteiger partial charge is 0.433 e. The molecular formula is C21H13NO2. The number of aromatic nitrogens is 1. The first kappa shape index (κ1) is 13.1. The first-order valence-electron chi connectivity index (χ1n) is 7.81. The average Bonchev–Trinajstić information content (AvgIpc) is 3.22. The van der Waals surface area contributed by atoms with E-state index in [-0.39, 0.29) is 0 Å². The number of hydrogen-bond acceptors (Lipinski definition) is 3. The lowest BCUT2D eigenvalue weighted by atomic mass is 10.0.